The van der Waals surface area contributed by atoms with Crippen LogP contribution in [0, 0.1) is 0 Å². The van der Waals surface area contributed by atoms with E-state index in [2.05, 4.69) is 9.97 Å². The maximum absolute atomic E-state index is 12.4. The summed E-state index contributed by atoms with van der Waals surface area (Å²) in [4.78, 5) is 34.9. The van der Waals surface area contributed by atoms with Gasteiger partial charge in [0.25, 0.3) is 0 Å². The summed E-state index contributed by atoms with van der Waals surface area (Å²) in [7, 11) is 0. The number of fused-ring (bicyclic) bond motifs is 1. The third kappa shape index (κ3) is 4.11. The van der Waals surface area contributed by atoms with Gasteiger partial charge in [-0.15, -0.1) is 11.3 Å². The Balaban J connectivity index is 1.55. The molecule has 29 heavy (non-hydrogen) atoms. The van der Waals surface area contributed by atoms with E-state index in [1.165, 1.54) is 29.2 Å². The van der Waals surface area contributed by atoms with E-state index in [-0.39, 0.29) is 11.7 Å². The van der Waals surface area contributed by atoms with Gasteiger partial charge in [0, 0.05) is 29.7 Å². The highest BCUT2D eigenvalue weighted by molar-refractivity contribution is 7.14. The van der Waals surface area contributed by atoms with Crippen LogP contribution in [0.2, 0.25) is 5.02 Å². The molecule has 0 bridgehead atoms. The van der Waals surface area contributed by atoms with Crippen molar-refractivity contribution in [3.63, 3.8) is 0 Å². The van der Waals surface area contributed by atoms with Gasteiger partial charge >= 0.3 is 0 Å². The van der Waals surface area contributed by atoms with Crippen molar-refractivity contribution >= 4 is 57.2 Å². The van der Waals surface area contributed by atoms with E-state index >= 15 is 0 Å². The maximum atomic E-state index is 12.4. The molecule has 4 rings (SSSR count). The lowest BCUT2D eigenvalue weighted by Crippen LogP contribution is -2.22. The smallest absolute Gasteiger partial charge is 0.230 e. The maximum Gasteiger partial charge on any atom is 0.230 e. The minimum atomic E-state index is -0.218. The largest absolute Gasteiger partial charge is 0.306 e. The van der Waals surface area contributed by atoms with Crippen molar-refractivity contribution in [1.29, 1.82) is 0 Å². The molecule has 4 aromatic rings. The molecule has 3 aromatic heterocycles. The molecule has 0 saturated heterocycles. The molecule has 8 heteroatoms. The number of hydrogen-bond donors (Lipinski definition) is 0. The van der Waals surface area contributed by atoms with Crippen LogP contribution in [0.25, 0.3) is 11.7 Å². The number of nitrogens with zero attached hydrogens (tertiary/aromatic N) is 4. The number of amides is 1. The van der Waals surface area contributed by atoms with Crippen LogP contribution >= 0.6 is 22.9 Å². The highest BCUT2D eigenvalue weighted by atomic mass is 35.5. The standard InChI is InChI=1S/C21H15ClN4O2S/c1-14(27)26(17-8-5-15(22)6-9-17)21-23-16(13-29-21)7-10-19(28)18-12-25-11-3-2-4-20(25)24-18/h2-13H,1H3/b10-7+. The third-order valence-electron chi connectivity index (χ3n) is 4.12. The Bertz CT molecular complexity index is 1190. The Labute approximate surface area is 175 Å². The molecule has 0 N–H and O–H groups in total. The van der Waals surface area contributed by atoms with Crippen LogP contribution in [-0.4, -0.2) is 26.1 Å². The quantitative estimate of drug-likeness (QED) is 0.334. The van der Waals surface area contributed by atoms with Gasteiger partial charge < -0.3 is 4.40 Å². The first-order valence-corrected chi connectivity index (χ1v) is 9.95. The summed E-state index contributed by atoms with van der Waals surface area (Å²) in [5.41, 5.74) is 2.32. The number of hydrogen-bond acceptors (Lipinski definition) is 5. The average Bonchev–Trinajstić information content (AvgIpc) is 3.34. The molecule has 0 radical (unpaired) electrons. The number of pyridine rings is 1. The van der Waals surface area contributed by atoms with Crippen molar-refractivity contribution in [2.45, 2.75) is 6.92 Å². The van der Waals surface area contributed by atoms with Crippen LogP contribution < -0.4 is 4.90 Å². The molecule has 144 valence electrons. The summed E-state index contributed by atoms with van der Waals surface area (Å²) < 4.78 is 1.79. The number of imidazole rings is 1. The molecule has 0 fully saturated rings. The number of halogens is 1. The normalized spacial score (nSPS) is 11.2. The first-order chi connectivity index (χ1) is 14.0. The molecule has 0 unspecified atom stereocenters. The Morgan fingerprint density at radius 2 is 1.93 bits per heavy atom. The average molecular weight is 423 g/mol. The fourth-order valence-electron chi connectivity index (χ4n) is 2.77. The number of carbonyl (C=O) groups excluding carboxylic acids is 2. The van der Waals surface area contributed by atoms with Crippen LogP contribution in [0.3, 0.4) is 0 Å². The van der Waals surface area contributed by atoms with Crippen molar-refractivity contribution in [2.24, 2.45) is 0 Å². The summed E-state index contributed by atoms with van der Waals surface area (Å²) >= 11 is 7.24. The van der Waals surface area contributed by atoms with E-state index in [9.17, 15) is 9.59 Å². The Morgan fingerprint density at radius 3 is 2.66 bits per heavy atom. The van der Waals surface area contributed by atoms with Crippen LogP contribution in [0.4, 0.5) is 10.8 Å². The molecular formula is C21H15ClN4O2S. The van der Waals surface area contributed by atoms with Crippen LogP contribution in [0.1, 0.15) is 23.1 Å². The molecule has 1 amide bonds. The number of aromatic nitrogens is 3. The Hall–Kier alpha value is -3.29. The number of allylic oxidation sites excluding steroid dienone is 1. The second-order valence-electron chi connectivity index (χ2n) is 6.18. The van der Waals surface area contributed by atoms with Gasteiger partial charge in [-0.2, -0.15) is 0 Å². The molecule has 0 atom stereocenters. The van der Waals surface area contributed by atoms with Crippen LogP contribution in [-0.2, 0) is 4.79 Å². The van der Waals surface area contributed by atoms with E-state index in [1.807, 2.05) is 24.4 Å². The number of rotatable bonds is 5. The van der Waals surface area contributed by atoms with Gasteiger partial charge in [-0.1, -0.05) is 17.7 Å². The van der Waals surface area contributed by atoms with Crippen LogP contribution in [0.5, 0.6) is 0 Å². The lowest BCUT2D eigenvalue weighted by atomic mass is 10.2. The minimum Gasteiger partial charge on any atom is -0.306 e. The lowest BCUT2D eigenvalue weighted by Gasteiger charge is -2.17. The summed E-state index contributed by atoms with van der Waals surface area (Å²) in [5, 5.41) is 2.89. The summed E-state index contributed by atoms with van der Waals surface area (Å²) in [6, 6.07) is 12.5. The molecule has 0 aliphatic carbocycles. The predicted molar refractivity (Wildman–Crippen MR) is 115 cm³/mol. The third-order valence-corrected chi connectivity index (χ3v) is 5.22. The van der Waals surface area contributed by atoms with Gasteiger partial charge in [0.1, 0.15) is 11.3 Å². The number of anilines is 2. The molecule has 1 aromatic carbocycles. The van der Waals surface area contributed by atoms with E-state index in [1.54, 1.807) is 46.3 Å². The van der Waals surface area contributed by atoms with Crippen molar-refractivity contribution in [2.75, 3.05) is 4.90 Å². The number of thiazole rings is 1. The van der Waals surface area contributed by atoms with E-state index < -0.39 is 0 Å². The molecule has 0 spiro atoms. The van der Waals surface area contributed by atoms with Gasteiger partial charge in [-0.3, -0.25) is 14.5 Å². The molecule has 0 aliphatic rings. The van der Waals surface area contributed by atoms with Crippen molar-refractivity contribution in [3.8, 4) is 0 Å². The molecule has 0 aliphatic heterocycles. The fourth-order valence-corrected chi connectivity index (χ4v) is 3.75. The van der Waals surface area contributed by atoms with Crippen LogP contribution in [0.15, 0.2) is 66.3 Å². The molecule has 3 heterocycles. The SMILES string of the molecule is CC(=O)N(c1ccc(Cl)cc1)c1nc(/C=C/C(=O)c2cn3ccccc3n2)cs1. The number of ketones is 1. The first kappa shape index (κ1) is 19.0. The van der Waals surface area contributed by atoms with Gasteiger partial charge in [0.15, 0.2) is 5.13 Å². The van der Waals surface area contributed by atoms with E-state index in [0.29, 0.717) is 32.9 Å². The first-order valence-electron chi connectivity index (χ1n) is 8.69. The van der Waals surface area contributed by atoms with Crippen molar-refractivity contribution in [3.05, 3.63) is 82.7 Å². The topological polar surface area (TPSA) is 67.6 Å². The minimum absolute atomic E-state index is 0.169. The lowest BCUT2D eigenvalue weighted by molar-refractivity contribution is -0.115. The number of benzene rings is 1. The highest BCUT2D eigenvalue weighted by Crippen LogP contribution is 2.30. The second-order valence-corrected chi connectivity index (χ2v) is 7.45. The molecule has 6 nitrogen and oxygen atoms in total. The Kier molecular flexibility index (Phi) is 5.24. The van der Waals surface area contributed by atoms with Gasteiger partial charge in [0.05, 0.1) is 11.4 Å². The van der Waals surface area contributed by atoms with Gasteiger partial charge in [-0.25, -0.2) is 9.97 Å². The zero-order chi connectivity index (χ0) is 20.4. The molecular weight excluding hydrogens is 408 g/mol. The van der Waals surface area contributed by atoms with Crippen molar-refractivity contribution in [1.82, 2.24) is 14.4 Å². The zero-order valence-electron chi connectivity index (χ0n) is 15.3. The zero-order valence-corrected chi connectivity index (χ0v) is 16.9. The van der Waals surface area contributed by atoms with Crippen molar-refractivity contribution < 1.29 is 9.59 Å². The molecule has 0 saturated carbocycles. The summed E-state index contributed by atoms with van der Waals surface area (Å²) in [6.07, 6.45) is 6.57. The highest BCUT2D eigenvalue weighted by Gasteiger charge is 2.17. The predicted octanol–water partition coefficient (Wildman–Crippen LogP) is 5.02. The summed E-state index contributed by atoms with van der Waals surface area (Å²) in [6.45, 7) is 1.47. The van der Waals surface area contributed by atoms with Gasteiger partial charge in [-0.05, 0) is 48.6 Å². The van der Waals surface area contributed by atoms with E-state index in [0.717, 1.165) is 0 Å². The number of carbonyl (C=O) groups is 2. The Morgan fingerprint density at radius 1 is 1.14 bits per heavy atom. The van der Waals surface area contributed by atoms with E-state index in [4.69, 9.17) is 11.6 Å². The van der Waals surface area contributed by atoms with Gasteiger partial charge in [0.2, 0.25) is 11.7 Å². The second kappa shape index (κ2) is 7.98. The summed E-state index contributed by atoms with van der Waals surface area (Å²) in [5.74, 6) is -0.387. The monoisotopic (exact) mass is 422 g/mol. The fraction of sp³-hybridized carbons (Fsp3) is 0.0476.